The molecule has 2 rings (SSSR count). The number of hydrogen-bond acceptors (Lipinski definition) is 5. The lowest BCUT2D eigenvalue weighted by atomic mass is 10.1. The Balaban J connectivity index is 2.36. The van der Waals surface area contributed by atoms with Gasteiger partial charge in [-0.05, 0) is 35.4 Å². The van der Waals surface area contributed by atoms with Crippen molar-refractivity contribution in [1.82, 2.24) is 0 Å². The number of nitrogens with two attached hydrogens (primary N) is 1. The van der Waals surface area contributed by atoms with Crippen LogP contribution in [0.1, 0.15) is 11.1 Å². The molecule has 0 unspecified atom stereocenters. The molecule has 2 aromatic rings. The highest BCUT2D eigenvalue weighted by molar-refractivity contribution is 5.74. The average molecular weight is 301 g/mol. The van der Waals surface area contributed by atoms with Crippen molar-refractivity contribution in [1.29, 1.82) is 0 Å². The Kier molecular flexibility index (Phi) is 4.78. The molecule has 2 aromatic carbocycles. The van der Waals surface area contributed by atoms with Crippen LogP contribution in [0.4, 0.5) is 5.69 Å². The fraction of sp³-hybridized carbons (Fsp3) is 0.176. The Hall–Kier alpha value is -2.82. The summed E-state index contributed by atoms with van der Waals surface area (Å²) in [5.41, 5.74) is 7.79. The van der Waals surface area contributed by atoms with Crippen molar-refractivity contribution < 1.29 is 19.3 Å². The maximum atomic E-state index is 9.43. The fourth-order valence-electron chi connectivity index (χ4n) is 2.07. The fourth-order valence-corrected chi connectivity index (χ4v) is 2.07. The molecule has 0 saturated heterocycles. The van der Waals surface area contributed by atoms with Gasteiger partial charge < -0.3 is 25.1 Å². The summed E-state index contributed by atoms with van der Waals surface area (Å²) in [5.74, 6) is 1.81. The quantitative estimate of drug-likeness (QED) is 0.504. The van der Waals surface area contributed by atoms with Crippen molar-refractivity contribution in [3.05, 3.63) is 41.5 Å². The Morgan fingerprint density at radius 3 is 1.95 bits per heavy atom. The number of rotatable bonds is 5. The average Bonchev–Trinajstić information content (AvgIpc) is 2.54. The number of benzene rings is 2. The summed E-state index contributed by atoms with van der Waals surface area (Å²) in [7, 11) is 4.71. The molecule has 0 saturated carbocycles. The van der Waals surface area contributed by atoms with E-state index in [1.807, 2.05) is 24.3 Å². The second-order valence-electron chi connectivity index (χ2n) is 4.61. The first kappa shape index (κ1) is 15.6. The summed E-state index contributed by atoms with van der Waals surface area (Å²) in [6, 6.07) is 8.73. The maximum Gasteiger partial charge on any atom is 0.203 e. The SMILES string of the molecule is COc1cc(/C=C\c2ccc(O)c(N)c2)cc(OC)c1OC. The van der Waals surface area contributed by atoms with E-state index in [-0.39, 0.29) is 5.75 Å². The third kappa shape index (κ3) is 3.25. The lowest BCUT2D eigenvalue weighted by molar-refractivity contribution is 0.324. The van der Waals surface area contributed by atoms with Crippen LogP contribution in [0.15, 0.2) is 30.3 Å². The highest BCUT2D eigenvalue weighted by Crippen LogP contribution is 2.38. The molecule has 5 nitrogen and oxygen atoms in total. The summed E-state index contributed by atoms with van der Waals surface area (Å²) >= 11 is 0. The molecule has 116 valence electrons. The molecule has 0 bridgehead atoms. The van der Waals surface area contributed by atoms with Gasteiger partial charge in [0.15, 0.2) is 11.5 Å². The van der Waals surface area contributed by atoms with Gasteiger partial charge in [-0.25, -0.2) is 0 Å². The molecule has 22 heavy (non-hydrogen) atoms. The van der Waals surface area contributed by atoms with Crippen molar-refractivity contribution in [2.24, 2.45) is 0 Å². The first-order chi connectivity index (χ1) is 10.6. The Bertz CT molecular complexity index is 670. The van der Waals surface area contributed by atoms with Crippen molar-refractivity contribution in [2.75, 3.05) is 27.1 Å². The van der Waals surface area contributed by atoms with Crippen LogP contribution in [0.2, 0.25) is 0 Å². The zero-order valence-electron chi connectivity index (χ0n) is 12.8. The molecule has 0 fully saturated rings. The van der Waals surface area contributed by atoms with Gasteiger partial charge in [-0.3, -0.25) is 0 Å². The van der Waals surface area contributed by atoms with E-state index >= 15 is 0 Å². The van der Waals surface area contributed by atoms with E-state index in [9.17, 15) is 5.11 Å². The molecule has 0 radical (unpaired) electrons. The normalized spacial score (nSPS) is 10.7. The minimum atomic E-state index is 0.0740. The molecule has 0 amide bonds. The van der Waals surface area contributed by atoms with Crippen LogP contribution in [0, 0.1) is 0 Å². The van der Waals surface area contributed by atoms with Crippen molar-refractivity contribution in [2.45, 2.75) is 0 Å². The van der Waals surface area contributed by atoms with E-state index in [1.165, 1.54) is 0 Å². The largest absolute Gasteiger partial charge is 0.506 e. The van der Waals surface area contributed by atoms with Gasteiger partial charge in [-0.15, -0.1) is 0 Å². The number of hydrogen-bond donors (Lipinski definition) is 2. The molecule has 5 heteroatoms. The lowest BCUT2D eigenvalue weighted by Crippen LogP contribution is -1.95. The zero-order valence-corrected chi connectivity index (χ0v) is 12.8. The number of phenols is 1. The molecule has 0 aromatic heterocycles. The summed E-state index contributed by atoms with van der Waals surface area (Å²) < 4.78 is 15.9. The predicted molar refractivity (Wildman–Crippen MR) is 87.5 cm³/mol. The van der Waals surface area contributed by atoms with Crippen LogP contribution >= 0.6 is 0 Å². The first-order valence-corrected chi connectivity index (χ1v) is 6.65. The zero-order chi connectivity index (χ0) is 16.1. The summed E-state index contributed by atoms with van der Waals surface area (Å²) in [4.78, 5) is 0. The number of ether oxygens (including phenoxy) is 3. The Morgan fingerprint density at radius 2 is 1.45 bits per heavy atom. The lowest BCUT2D eigenvalue weighted by Gasteiger charge is -2.12. The molecule has 0 spiro atoms. The van der Waals surface area contributed by atoms with Crippen molar-refractivity contribution in [3.63, 3.8) is 0 Å². The van der Waals surface area contributed by atoms with E-state index in [2.05, 4.69) is 0 Å². The Labute approximate surface area is 129 Å². The Morgan fingerprint density at radius 1 is 0.864 bits per heavy atom. The smallest absolute Gasteiger partial charge is 0.203 e. The second-order valence-corrected chi connectivity index (χ2v) is 4.61. The number of nitrogen functional groups attached to an aromatic ring is 1. The number of anilines is 1. The third-order valence-electron chi connectivity index (χ3n) is 3.21. The van der Waals surface area contributed by atoms with Gasteiger partial charge in [0.05, 0.1) is 27.0 Å². The van der Waals surface area contributed by atoms with Crippen molar-refractivity contribution in [3.8, 4) is 23.0 Å². The molecule has 0 aliphatic carbocycles. The predicted octanol–water partition coefficient (Wildman–Crippen LogP) is 3.17. The second kappa shape index (κ2) is 6.76. The van der Waals surface area contributed by atoms with E-state index < -0.39 is 0 Å². The number of aromatic hydroxyl groups is 1. The molecule has 0 aliphatic rings. The van der Waals surface area contributed by atoms with Crippen molar-refractivity contribution >= 4 is 17.8 Å². The van der Waals surface area contributed by atoms with Gasteiger partial charge in [0.2, 0.25) is 5.75 Å². The van der Waals surface area contributed by atoms with Gasteiger partial charge >= 0.3 is 0 Å². The monoisotopic (exact) mass is 301 g/mol. The minimum absolute atomic E-state index is 0.0740. The van der Waals surface area contributed by atoms with E-state index in [1.54, 1.807) is 39.5 Å². The topological polar surface area (TPSA) is 73.9 Å². The van der Waals surface area contributed by atoms with Crippen LogP contribution in [-0.4, -0.2) is 26.4 Å². The van der Waals surface area contributed by atoms with Gasteiger partial charge in [0.25, 0.3) is 0 Å². The number of methoxy groups -OCH3 is 3. The summed E-state index contributed by atoms with van der Waals surface area (Å²) in [6.45, 7) is 0. The summed E-state index contributed by atoms with van der Waals surface area (Å²) in [5, 5.41) is 9.43. The molecule has 3 N–H and O–H groups in total. The van der Waals surface area contributed by atoms with Crippen LogP contribution in [0.25, 0.3) is 12.2 Å². The highest BCUT2D eigenvalue weighted by Gasteiger charge is 2.11. The van der Waals surface area contributed by atoms with Gasteiger partial charge in [-0.1, -0.05) is 18.2 Å². The molecular formula is C17H19NO4. The van der Waals surface area contributed by atoms with Crippen LogP contribution in [0.3, 0.4) is 0 Å². The molecule has 0 heterocycles. The standard InChI is InChI=1S/C17H19NO4/c1-20-15-9-12(10-16(21-2)17(15)22-3)5-4-11-6-7-14(19)13(18)8-11/h4-10,19H,18H2,1-3H3/b5-4-. The van der Waals surface area contributed by atoms with Gasteiger partial charge in [0, 0.05) is 0 Å². The summed E-state index contributed by atoms with van der Waals surface area (Å²) in [6.07, 6.45) is 3.78. The first-order valence-electron chi connectivity index (χ1n) is 6.65. The van der Waals surface area contributed by atoms with Crippen LogP contribution in [0.5, 0.6) is 23.0 Å². The van der Waals surface area contributed by atoms with E-state index in [4.69, 9.17) is 19.9 Å². The van der Waals surface area contributed by atoms with Crippen LogP contribution in [-0.2, 0) is 0 Å². The molecule has 0 aliphatic heterocycles. The van der Waals surface area contributed by atoms with Gasteiger partial charge in [0.1, 0.15) is 5.75 Å². The molecular weight excluding hydrogens is 282 g/mol. The minimum Gasteiger partial charge on any atom is -0.506 e. The van der Waals surface area contributed by atoms with E-state index in [0.29, 0.717) is 22.9 Å². The van der Waals surface area contributed by atoms with Gasteiger partial charge in [-0.2, -0.15) is 0 Å². The van der Waals surface area contributed by atoms with Crippen LogP contribution < -0.4 is 19.9 Å². The number of phenolic OH excluding ortho intramolecular Hbond substituents is 1. The maximum absolute atomic E-state index is 9.43. The highest BCUT2D eigenvalue weighted by atomic mass is 16.5. The van der Waals surface area contributed by atoms with E-state index in [0.717, 1.165) is 11.1 Å². The molecule has 0 atom stereocenters. The third-order valence-corrected chi connectivity index (χ3v) is 3.21.